The van der Waals surface area contributed by atoms with Gasteiger partial charge in [-0.15, -0.1) is 0 Å². The molecule has 0 radical (unpaired) electrons. The van der Waals surface area contributed by atoms with Crippen molar-refractivity contribution in [2.24, 2.45) is 0 Å². The molecule has 0 bridgehead atoms. The quantitative estimate of drug-likeness (QED) is 0.888. The van der Waals surface area contributed by atoms with Gasteiger partial charge in [-0.3, -0.25) is 4.79 Å². The van der Waals surface area contributed by atoms with E-state index < -0.39 is 5.82 Å². The second-order valence-electron chi connectivity index (χ2n) is 4.08. The SMILES string of the molecule is O=C(NC1CCCC1)c1cc(Br)ccc1F. The summed E-state index contributed by atoms with van der Waals surface area (Å²) in [6.07, 6.45) is 4.29. The van der Waals surface area contributed by atoms with Crippen LogP contribution >= 0.6 is 15.9 Å². The molecular formula is C12H13BrFNO. The Labute approximate surface area is 102 Å². The van der Waals surface area contributed by atoms with Gasteiger partial charge in [-0.1, -0.05) is 28.8 Å². The molecule has 0 heterocycles. The van der Waals surface area contributed by atoms with Crippen LogP contribution in [0, 0.1) is 5.82 Å². The number of amides is 1. The predicted octanol–water partition coefficient (Wildman–Crippen LogP) is 3.26. The number of rotatable bonds is 2. The summed E-state index contributed by atoms with van der Waals surface area (Å²) in [4.78, 5) is 11.8. The summed E-state index contributed by atoms with van der Waals surface area (Å²) in [5.41, 5.74) is 0.112. The standard InChI is InChI=1S/C12H13BrFNO/c13-8-5-6-11(14)10(7-8)12(16)15-9-3-1-2-4-9/h5-7,9H,1-4H2,(H,15,16). The molecular weight excluding hydrogens is 273 g/mol. The Morgan fingerprint density at radius 3 is 2.75 bits per heavy atom. The Bertz CT molecular complexity index is 402. The molecule has 16 heavy (non-hydrogen) atoms. The minimum absolute atomic E-state index is 0.112. The van der Waals surface area contributed by atoms with Crippen LogP contribution in [0.2, 0.25) is 0 Å². The van der Waals surface area contributed by atoms with Gasteiger partial charge in [-0.2, -0.15) is 0 Å². The molecule has 1 aromatic carbocycles. The molecule has 0 atom stereocenters. The fourth-order valence-electron chi connectivity index (χ4n) is 2.00. The lowest BCUT2D eigenvalue weighted by atomic mass is 10.1. The summed E-state index contributed by atoms with van der Waals surface area (Å²) in [6.45, 7) is 0. The summed E-state index contributed by atoms with van der Waals surface area (Å²) in [6, 6.07) is 4.61. The summed E-state index contributed by atoms with van der Waals surface area (Å²) >= 11 is 3.23. The summed E-state index contributed by atoms with van der Waals surface area (Å²) < 4.78 is 14.1. The predicted molar refractivity (Wildman–Crippen MR) is 63.8 cm³/mol. The lowest BCUT2D eigenvalue weighted by Gasteiger charge is -2.12. The first-order valence-electron chi connectivity index (χ1n) is 5.43. The van der Waals surface area contributed by atoms with E-state index in [2.05, 4.69) is 21.2 Å². The molecule has 1 aliphatic carbocycles. The lowest BCUT2D eigenvalue weighted by Crippen LogP contribution is -2.33. The maximum Gasteiger partial charge on any atom is 0.254 e. The number of hydrogen-bond donors (Lipinski definition) is 1. The topological polar surface area (TPSA) is 29.1 Å². The second-order valence-corrected chi connectivity index (χ2v) is 4.99. The minimum atomic E-state index is -0.473. The Morgan fingerprint density at radius 2 is 2.06 bits per heavy atom. The van der Waals surface area contributed by atoms with Crippen molar-refractivity contribution in [2.45, 2.75) is 31.7 Å². The number of carbonyl (C=O) groups excluding carboxylic acids is 1. The zero-order chi connectivity index (χ0) is 11.5. The third-order valence-electron chi connectivity index (χ3n) is 2.86. The highest BCUT2D eigenvalue weighted by molar-refractivity contribution is 9.10. The Morgan fingerprint density at radius 1 is 1.38 bits per heavy atom. The van der Waals surface area contributed by atoms with Crippen molar-refractivity contribution < 1.29 is 9.18 Å². The van der Waals surface area contributed by atoms with Gasteiger partial charge in [0.1, 0.15) is 5.82 Å². The molecule has 1 aliphatic rings. The fourth-order valence-corrected chi connectivity index (χ4v) is 2.37. The highest BCUT2D eigenvalue weighted by Gasteiger charge is 2.19. The van der Waals surface area contributed by atoms with Gasteiger partial charge in [0.2, 0.25) is 0 Å². The average Bonchev–Trinajstić information content (AvgIpc) is 2.74. The van der Waals surface area contributed by atoms with Crippen LogP contribution in [0.15, 0.2) is 22.7 Å². The maximum absolute atomic E-state index is 13.4. The molecule has 2 rings (SSSR count). The molecule has 86 valence electrons. The molecule has 0 aliphatic heterocycles. The van der Waals surface area contributed by atoms with Gasteiger partial charge in [0.05, 0.1) is 5.56 Å². The molecule has 4 heteroatoms. The van der Waals surface area contributed by atoms with Gasteiger partial charge in [-0.25, -0.2) is 4.39 Å². The molecule has 1 fully saturated rings. The van der Waals surface area contributed by atoms with E-state index in [4.69, 9.17) is 0 Å². The molecule has 1 N–H and O–H groups in total. The second kappa shape index (κ2) is 4.95. The van der Waals surface area contributed by atoms with E-state index >= 15 is 0 Å². The first kappa shape index (κ1) is 11.6. The lowest BCUT2D eigenvalue weighted by molar-refractivity contribution is 0.0933. The van der Waals surface area contributed by atoms with Crippen LogP contribution in [0.1, 0.15) is 36.0 Å². The molecule has 1 amide bonds. The fraction of sp³-hybridized carbons (Fsp3) is 0.417. The van der Waals surface area contributed by atoms with E-state index in [1.54, 1.807) is 6.07 Å². The number of carbonyl (C=O) groups is 1. The van der Waals surface area contributed by atoms with Crippen molar-refractivity contribution in [1.82, 2.24) is 5.32 Å². The van der Waals surface area contributed by atoms with Gasteiger partial charge in [0.15, 0.2) is 0 Å². The largest absolute Gasteiger partial charge is 0.349 e. The minimum Gasteiger partial charge on any atom is -0.349 e. The molecule has 0 spiro atoms. The van der Waals surface area contributed by atoms with Gasteiger partial charge in [0, 0.05) is 10.5 Å². The molecule has 0 aromatic heterocycles. The van der Waals surface area contributed by atoms with Crippen molar-refractivity contribution in [3.8, 4) is 0 Å². The average molecular weight is 286 g/mol. The maximum atomic E-state index is 13.4. The van der Waals surface area contributed by atoms with Crippen molar-refractivity contribution >= 4 is 21.8 Å². The van der Waals surface area contributed by atoms with Crippen molar-refractivity contribution in [1.29, 1.82) is 0 Å². The van der Waals surface area contributed by atoms with Crippen molar-refractivity contribution in [2.75, 3.05) is 0 Å². The van der Waals surface area contributed by atoms with Gasteiger partial charge in [-0.05, 0) is 31.0 Å². The van der Waals surface area contributed by atoms with E-state index in [0.29, 0.717) is 4.47 Å². The Hall–Kier alpha value is -0.900. The van der Waals surface area contributed by atoms with Crippen LogP contribution in [-0.4, -0.2) is 11.9 Å². The highest BCUT2D eigenvalue weighted by atomic mass is 79.9. The Balaban J connectivity index is 2.10. The third kappa shape index (κ3) is 2.61. The number of nitrogens with one attached hydrogen (secondary N) is 1. The molecule has 1 aromatic rings. The normalized spacial score (nSPS) is 16.4. The summed E-state index contributed by atoms with van der Waals surface area (Å²) in [5, 5.41) is 2.86. The van der Waals surface area contributed by atoms with Crippen molar-refractivity contribution in [3.05, 3.63) is 34.1 Å². The number of halogens is 2. The van der Waals surface area contributed by atoms with Crippen LogP contribution in [0.5, 0.6) is 0 Å². The molecule has 0 saturated heterocycles. The van der Waals surface area contributed by atoms with Gasteiger partial charge in [0.25, 0.3) is 5.91 Å². The van der Waals surface area contributed by atoms with Crippen LogP contribution < -0.4 is 5.32 Å². The van der Waals surface area contributed by atoms with E-state index in [1.807, 2.05) is 0 Å². The zero-order valence-corrected chi connectivity index (χ0v) is 10.4. The molecule has 2 nitrogen and oxygen atoms in total. The van der Waals surface area contributed by atoms with E-state index in [9.17, 15) is 9.18 Å². The zero-order valence-electron chi connectivity index (χ0n) is 8.80. The summed E-state index contributed by atoms with van der Waals surface area (Å²) in [7, 11) is 0. The van der Waals surface area contributed by atoms with E-state index in [-0.39, 0.29) is 17.5 Å². The first-order chi connectivity index (χ1) is 7.66. The van der Waals surface area contributed by atoms with Gasteiger partial charge < -0.3 is 5.32 Å². The smallest absolute Gasteiger partial charge is 0.254 e. The van der Waals surface area contributed by atoms with Crippen molar-refractivity contribution in [3.63, 3.8) is 0 Å². The molecule has 0 unspecified atom stereocenters. The third-order valence-corrected chi connectivity index (χ3v) is 3.36. The Kier molecular flexibility index (Phi) is 3.59. The van der Waals surface area contributed by atoms with Gasteiger partial charge >= 0.3 is 0 Å². The number of hydrogen-bond acceptors (Lipinski definition) is 1. The highest BCUT2D eigenvalue weighted by Crippen LogP contribution is 2.20. The van der Waals surface area contributed by atoms with Crippen LogP contribution in [-0.2, 0) is 0 Å². The summed E-state index contributed by atoms with van der Waals surface area (Å²) in [5.74, 6) is -0.788. The molecule has 1 saturated carbocycles. The number of benzene rings is 1. The van der Waals surface area contributed by atoms with E-state index in [0.717, 1.165) is 25.7 Å². The van der Waals surface area contributed by atoms with Crippen LogP contribution in [0.4, 0.5) is 4.39 Å². The van der Waals surface area contributed by atoms with Crippen LogP contribution in [0.25, 0.3) is 0 Å². The first-order valence-corrected chi connectivity index (χ1v) is 6.22. The van der Waals surface area contributed by atoms with E-state index in [1.165, 1.54) is 12.1 Å². The van der Waals surface area contributed by atoms with Crippen LogP contribution in [0.3, 0.4) is 0 Å². The monoisotopic (exact) mass is 285 g/mol.